The molecule has 19 heavy (non-hydrogen) atoms. The number of aromatic carboxylic acids is 1. The second kappa shape index (κ2) is 5.71. The van der Waals surface area contributed by atoms with Crippen molar-refractivity contribution in [1.29, 1.82) is 0 Å². The van der Waals surface area contributed by atoms with E-state index in [1.54, 1.807) is 0 Å². The number of hydrogen-bond acceptors (Lipinski definition) is 4. The summed E-state index contributed by atoms with van der Waals surface area (Å²) in [6, 6.07) is 4.29. The lowest BCUT2D eigenvalue weighted by Gasteiger charge is -2.13. The number of nitrogens with one attached hydrogen (secondary N) is 1. The van der Waals surface area contributed by atoms with Crippen LogP contribution in [0.15, 0.2) is 18.2 Å². The molecule has 1 amide bonds. The highest BCUT2D eigenvalue weighted by atomic mass is 16.5. The Hall–Kier alpha value is -2.08. The van der Waals surface area contributed by atoms with Gasteiger partial charge in [-0.1, -0.05) is 0 Å². The zero-order chi connectivity index (χ0) is 13.8. The van der Waals surface area contributed by atoms with Crippen LogP contribution in [-0.2, 0) is 9.53 Å². The van der Waals surface area contributed by atoms with Crippen LogP contribution in [0.4, 0.5) is 5.69 Å². The Morgan fingerprint density at radius 1 is 1.47 bits per heavy atom. The number of carbonyl (C=O) groups is 2. The molecular formula is C13H15NO5. The third-order valence-corrected chi connectivity index (χ3v) is 2.93. The minimum Gasteiger partial charge on any atom is -0.495 e. The van der Waals surface area contributed by atoms with E-state index in [-0.39, 0.29) is 11.5 Å². The molecule has 1 atom stereocenters. The van der Waals surface area contributed by atoms with E-state index in [0.717, 1.165) is 6.42 Å². The van der Waals surface area contributed by atoms with Gasteiger partial charge in [0, 0.05) is 6.61 Å². The summed E-state index contributed by atoms with van der Waals surface area (Å²) in [4.78, 5) is 22.7. The molecule has 1 saturated heterocycles. The van der Waals surface area contributed by atoms with Crippen molar-refractivity contribution in [2.45, 2.75) is 18.9 Å². The summed E-state index contributed by atoms with van der Waals surface area (Å²) in [6.45, 7) is 0.590. The van der Waals surface area contributed by atoms with Gasteiger partial charge in [0.2, 0.25) is 0 Å². The molecule has 0 aromatic heterocycles. The van der Waals surface area contributed by atoms with Gasteiger partial charge in [0.1, 0.15) is 11.9 Å². The Kier molecular flexibility index (Phi) is 4.01. The van der Waals surface area contributed by atoms with Gasteiger partial charge in [-0.2, -0.15) is 0 Å². The molecule has 2 rings (SSSR count). The maximum atomic E-state index is 11.9. The topological polar surface area (TPSA) is 84.9 Å². The van der Waals surface area contributed by atoms with Gasteiger partial charge >= 0.3 is 5.97 Å². The fourth-order valence-corrected chi connectivity index (χ4v) is 1.93. The Bertz CT molecular complexity index is 494. The number of anilines is 1. The van der Waals surface area contributed by atoms with Crippen molar-refractivity contribution in [1.82, 2.24) is 0 Å². The Morgan fingerprint density at radius 3 is 2.84 bits per heavy atom. The first kappa shape index (κ1) is 13.4. The van der Waals surface area contributed by atoms with E-state index in [1.807, 2.05) is 0 Å². The van der Waals surface area contributed by atoms with E-state index in [1.165, 1.54) is 25.3 Å². The SMILES string of the molecule is COc1cc(C(=O)O)ccc1NC(=O)C1CCCO1. The molecule has 1 aromatic rings. The number of carboxylic acids is 1. The fourth-order valence-electron chi connectivity index (χ4n) is 1.93. The first-order chi connectivity index (χ1) is 9.11. The summed E-state index contributed by atoms with van der Waals surface area (Å²) in [5, 5.41) is 11.6. The smallest absolute Gasteiger partial charge is 0.335 e. The predicted octanol–water partition coefficient (Wildman–Crippen LogP) is 1.51. The second-order valence-electron chi connectivity index (χ2n) is 4.21. The molecule has 0 aliphatic carbocycles. The maximum Gasteiger partial charge on any atom is 0.335 e. The van der Waals surface area contributed by atoms with E-state index in [0.29, 0.717) is 24.5 Å². The van der Waals surface area contributed by atoms with Crippen molar-refractivity contribution in [3.63, 3.8) is 0 Å². The monoisotopic (exact) mass is 265 g/mol. The summed E-state index contributed by atoms with van der Waals surface area (Å²) in [5.74, 6) is -0.972. The van der Waals surface area contributed by atoms with Gasteiger partial charge < -0.3 is 19.9 Å². The molecular weight excluding hydrogens is 250 g/mol. The highest BCUT2D eigenvalue weighted by Gasteiger charge is 2.24. The minimum atomic E-state index is -1.05. The van der Waals surface area contributed by atoms with E-state index in [2.05, 4.69) is 5.32 Å². The highest BCUT2D eigenvalue weighted by Crippen LogP contribution is 2.26. The molecule has 0 spiro atoms. The zero-order valence-electron chi connectivity index (χ0n) is 10.5. The second-order valence-corrected chi connectivity index (χ2v) is 4.21. The normalized spacial score (nSPS) is 18.1. The lowest BCUT2D eigenvalue weighted by molar-refractivity contribution is -0.124. The molecule has 1 aliphatic heterocycles. The fraction of sp³-hybridized carbons (Fsp3) is 0.385. The van der Waals surface area contributed by atoms with E-state index < -0.39 is 12.1 Å². The minimum absolute atomic E-state index is 0.104. The number of carbonyl (C=O) groups excluding carboxylic acids is 1. The number of methoxy groups -OCH3 is 1. The predicted molar refractivity (Wildman–Crippen MR) is 67.6 cm³/mol. The number of hydrogen-bond donors (Lipinski definition) is 2. The first-order valence-corrected chi connectivity index (χ1v) is 5.95. The first-order valence-electron chi connectivity index (χ1n) is 5.95. The lowest BCUT2D eigenvalue weighted by Crippen LogP contribution is -2.27. The molecule has 0 saturated carbocycles. The Balaban J connectivity index is 2.15. The molecule has 102 valence electrons. The van der Waals surface area contributed by atoms with Crippen LogP contribution < -0.4 is 10.1 Å². The molecule has 1 aromatic carbocycles. The molecule has 6 heteroatoms. The van der Waals surface area contributed by atoms with E-state index >= 15 is 0 Å². The van der Waals surface area contributed by atoms with E-state index in [4.69, 9.17) is 14.6 Å². The van der Waals surface area contributed by atoms with Gasteiger partial charge in [-0.25, -0.2) is 4.79 Å². The van der Waals surface area contributed by atoms with Gasteiger partial charge in [0.25, 0.3) is 5.91 Å². The van der Waals surface area contributed by atoms with Gasteiger partial charge in [0.15, 0.2) is 0 Å². The molecule has 6 nitrogen and oxygen atoms in total. The third kappa shape index (κ3) is 3.03. The van der Waals surface area contributed by atoms with Gasteiger partial charge in [-0.15, -0.1) is 0 Å². The summed E-state index contributed by atoms with van der Waals surface area (Å²) in [6.07, 6.45) is 1.12. The Morgan fingerprint density at radius 2 is 2.26 bits per heavy atom. The third-order valence-electron chi connectivity index (χ3n) is 2.93. The van der Waals surface area contributed by atoms with Crippen molar-refractivity contribution in [2.75, 3.05) is 19.0 Å². The van der Waals surface area contributed by atoms with Crippen LogP contribution in [0, 0.1) is 0 Å². The number of benzene rings is 1. The highest BCUT2D eigenvalue weighted by molar-refractivity contribution is 5.97. The summed E-state index contributed by atoms with van der Waals surface area (Å²) >= 11 is 0. The van der Waals surface area contributed by atoms with Crippen LogP contribution in [0.1, 0.15) is 23.2 Å². The zero-order valence-corrected chi connectivity index (χ0v) is 10.5. The van der Waals surface area contributed by atoms with Crippen LogP contribution in [0.2, 0.25) is 0 Å². The average Bonchev–Trinajstić information content (AvgIpc) is 2.92. The molecule has 1 unspecified atom stereocenters. The largest absolute Gasteiger partial charge is 0.495 e. The lowest BCUT2D eigenvalue weighted by atomic mass is 10.1. The van der Waals surface area contributed by atoms with Crippen molar-refractivity contribution in [3.05, 3.63) is 23.8 Å². The van der Waals surface area contributed by atoms with Crippen molar-refractivity contribution in [2.24, 2.45) is 0 Å². The summed E-state index contributed by atoms with van der Waals surface area (Å²) < 4.78 is 10.4. The molecule has 1 heterocycles. The van der Waals surface area contributed by atoms with E-state index in [9.17, 15) is 9.59 Å². The van der Waals surface area contributed by atoms with Crippen LogP contribution in [0.25, 0.3) is 0 Å². The molecule has 0 radical (unpaired) electrons. The number of ether oxygens (including phenoxy) is 2. The Labute approximate surface area is 110 Å². The van der Waals surface area contributed by atoms with Crippen molar-refractivity contribution >= 4 is 17.6 Å². The van der Waals surface area contributed by atoms with Gasteiger partial charge in [-0.05, 0) is 31.0 Å². The maximum absolute atomic E-state index is 11.9. The summed E-state index contributed by atoms with van der Waals surface area (Å²) in [7, 11) is 1.42. The van der Waals surface area contributed by atoms with Crippen LogP contribution in [0.3, 0.4) is 0 Å². The average molecular weight is 265 g/mol. The number of rotatable bonds is 4. The quantitative estimate of drug-likeness (QED) is 0.862. The molecule has 0 bridgehead atoms. The van der Waals surface area contributed by atoms with Gasteiger partial charge in [-0.3, -0.25) is 4.79 Å². The molecule has 1 fully saturated rings. The number of carboxylic acid groups (broad SMARTS) is 1. The van der Waals surface area contributed by atoms with Crippen LogP contribution in [-0.4, -0.2) is 36.8 Å². The molecule has 2 N–H and O–H groups in total. The van der Waals surface area contributed by atoms with Crippen molar-refractivity contribution in [3.8, 4) is 5.75 Å². The number of amides is 1. The van der Waals surface area contributed by atoms with Gasteiger partial charge in [0.05, 0.1) is 18.4 Å². The van der Waals surface area contributed by atoms with Crippen LogP contribution in [0.5, 0.6) is 5.75 Å². The van der Waals surface area contributed by atoms with Crippen LogP contribution >= 0.6 is 0 Å². The standard InChI is InChI=1S/C13H15NO5/c1-18-11-7-8(13(16)17)4-5-9(11)14-12(15)10-3-2-6-19-10/h4-5,7,10H,2-3,6H2,1H3,(H,14,15)(H,16,17). The molecule has 1 aliphatic rings. The van der Waals surface area contributed by atoms with Crippen molar-refractivity contribution < 1.29 is 24.2 Å². The summed E-state index contributed by atoms with van der Waals surface area (Å²) in [5.41, 5.74) is 0.542.